The standard InChI is InChI=1S/C16H18N4S/c17-11-9-13-1-5-15(6-2-13)21-16-7-3-14(4-8-16)10-12-19-20-18/h1-3,5-8,11,14,17H,4,9-10,12H2. The summed E-state index contributed by atoms with van der Waals surface area (Å²) < 4.78 is 0. The smallest absolute Gasteiger partial charge is 0.0263 e. The van der Waals surface area contributed by atoms with E-state index in [4.69, 9.17) is 10.9 Å². The number of rotatable bonds is 7. The van der Waals surface area contributed by atoms with E-state index >= 15 is 0 Å². The molecule has 0 radical (unpaired) electrons. The molecule has 0 saturated heterocycles. The van der Waals surface area contributed by atoms with Gasteiger partial charge < -0.3 is 5.41 Å². The molecule has 1 unspecified atom stereocenters. The van der Waals surface area contributed by atoms with Gasteiger partial charge in [-0.1, -0.05) is 47.2 Å². The van der Waals surface area contributed by atoms with E-state index in [1.165, 1.54) is 21.6 Å². The second kappa shape index (κ2) is 8.35. The normalized spacial score (nSPS) is 17.0. The molecule has 1 aromatic rings. The van der Waals surface area contributed by atoms with Crippen LogP contribution in [0.2, 0.25) is 0 Å². The minimum Gasteiger partial charge on any atom is -0.313 e. The molecule has 0 saturated carbocycles. The van der Waals surface area contributed by atoms with Gasteiger partial charge in [0.1, 0.15) is 0 Å². The third-order valence-electron chi connectivity index (χ3n) is 3.31. The van der Waals surface area contributed by atoms with E-state index in [1.54, 1.807) is 11.8 Å². The summed E-state index contributed by atoms with van der Waals surface area (Å²) in [7, 11) is 0. The molecule has 1 N–H and O–H groups in total. The summed E-state index contributed by atoms with van der Waals surface area (Å²) in [6, 6.07) is 8.35. The van der Waals surface area contributed by atoms with Crippen LogP contribution in [-0.4, -0.2) is 12.8 Å². The monoisotopic (exact) mass is 298 g/mol. The van der Waals surface area contributed by atoms with Gasteiger partial charge in [-0.2, -0.15) is 0 Å². The second-order valence-electron chi connectivity index (χ2n) is 4.86. The molecule has 1 aliphatic carbocycles. The van der Waals surface area contributed by atoms with E-state index in [0.29, 0.717) is 18.9 Å². The lowest BCUT2D eigenvalue weighted by Gasteiger charge is -2.14. The van der Waals surface area contributed by atoms with Crippen LogP contribution in [0, 0.1) is 11.3 Å². The summed E-state index contributed by atoms with van der Waals surface area (Å²) in [6.45, 7) is 0.566. The zero-order chi connectivity index (χ0) is 14.9. The van der Waals surface area contributed by atoms with Crippen molar-refractivity contribution in [3.05, 3.63) is 63.4 Å². The maximum atomic E-state index is 8.27. The van der Waals surface area contributed by atoms with Gasteiger partial charge in [0.2, 0.25) is 0 Å². The Bertz CT molecular complexity index is 583. The van der Waals surface area contributed by atoms with Crippen molar-refractivity contribution in [3.63, 3.8) is 0 Å². The highest BCUT2D eigenvalue weighted by Gasteiger charge is 2.09. The molecule has 1 atom stereocenters. The fraction of sp³-hybridized carbons (Fsp3) is 0.312. The topological polar surface area (TPSA) is 72.6 Å². The van der Waals surface area contributed by atoms with E-state index in [0.717, 1.165) is 12.8 Å². The van der Waals surface area contributed by atoms with Crippen LogP contribution in [-0.2, 0) is 6.42 Å². The Hall–Kier alpha value is -1.97. The predicted octanol–water partition coefficient (Wildman–Crippen LogP) is 5.13. The fourth-order valence-electron chi connectivity index (χ4n) is 2.15. The Morgan fingerprint density at radius 1 is 1.38 bits per heavy atom. The van der Waals surface area contributed by atoms with E-state index in [2.05, 4.69) is 52.5 Å². The Balaban J connectivity index is 1.85. The van der Waals surface area contributed by atoms with Crippen molar-refractivity contribution in [2.45, 2.75) is 24.2 Å². The quantitative estimate of drug-likeness (QED) is 0.322. The van der Waals surface area contributed by atoms with Crippen molar-refractivity contribution < 1.29 is 0 Å². The van der Waals surface area contributed by atoms with E-state index in [1.807, 2.05) is 0 Å². The number of hydrogen-bond acceptors (Lipinski definition) is 3. The fourth-order valence-corrected chi connectivity index (χ4v) is 3.02. The van der Waals surface area contributed by atoms with Crippen molar-refractivity contribution >= 4 is 18.0 Å². The van der Waals surface area contributed by atoms with Crippen molar-refractivity contribution in [2.24, 2.45) is 11.0 Å². The number of hydrogen-bond donors (Lipinski definition) is 1. The van der Waals surface area contributed by atoms with Gasteiger partial charge in [0, 0.05) is 27.7 Å². The van der Waals surface area contributed by atoms with Crippen LogP contribution < -0.4 is 0 Å². The highest BCUT2D eigenvalue weighted by atomic mass is 32.2. The molecule has 2 rings (SSSR count). The van der Waals surface area contributed by atoms with Crippen LogP contribution >= 0.6 is 11.8 Å². The molecule has 0 aliphatic heterocycles. The van der Waals surface area contributed by atoms with Gasteiger partial charge in [-0.3, -0.25) is 0 Å². The summed E-state index contributed by atoms with van der Waals surface area (Å²) in [5.41, 5.74) is 9.43. The third-order valence-corrected chi connectivity index (χ3v) is 4.36. The molecule has 108 valence electrons. The minimum atomic E-state index is 0.481. The van der Waals surface area contributed by atoms with Gasteiger partial charge in [-0.05, 0) is 48.2 Å². The second-order valence-corrected chi connectivity index (χ2v) is 6.01. The SMILES string of the molecule is [N-]=[N+]=NCCC1C=CC(Sc2ccc(CC=N)cc2)=CC1. The number of benzene rings is 1. The zero-order valence-electron chi connectivity index (χ0n) is 11.8. The molecule has 0 aromatic heterocycles. The molecule has 5 heteroatoms. The highest BCUT2D eigenvalue weighted by molar-refractivity contribution is 8.03. The van der Waals surface area contributed by atoms with Gasteiger partial charge in [0.05, 0.1) is 0 Å². The van der Waals surface area contributed by atoms with Gasteiger partial charge in [0.15, 0.2) is 0 Å². The Morgan fingerprint density at radius 3 is 2.81 bits per heavy atom. The first-order valence-electron chi connectivity index (χ1n) is 6.97. The van der Waals surface area contributed by atoms with Crippen molar-refractivity contribution in [2.75, 3.05) is 6.54 Å². The van der Waals surface area contributed by atoms with E-state index in [9.17, 15) is 0 Å². The number of nitrogens with one attached hydrogen (secondary N) is 1. The van der Waals surface area contributed by atoms with Gasteiger partial charge in [-0.25, -0.2) is 0 Å². The summed E-state index contributed by atoms with van der Waals surface area (Å²) in [5.74, 6) is 0.481. The largest absolute Gasteiger partial charge is 0.313 e. The van der Waals surface area contributed by atoms with Crippen LogP contribution in [0.4, 0.5) is 0 Å². The molecule has 1 aromatic carbocycles. The lowest BCUT2D eigenvalue weighted by Crippen LogP contribution is -2.00. The third kappa shape index (κ3) is 5.14. The van der Waals surface area contributed by atoms with Crippen molar-refractivity contribution in [1.82, 2.24) is 0 Å². The maximum absolute atomic E-state index is 8.27. The number of nitrogens with zero attached hydrogens (tertiary/aromatic N) is 3. The molecular weight excluding hydrogens is 280 g/mol. The summed E-state index contributed by atoms with van der Waals surface area (Å²) in [5, 5.41) is 10.7. The maximum Gasteiger partial charge on any atom is 0.0263 e. The summed E-state index contributed by atoms with van der Waals surface area (Å²) in [4.78, 5) is 5.25. The first-order valence-corrected chi connectivity index (χ1v) is 7.78. The summed E-state index contributed by atoms with van der Waals surface area (Å²) >= 11 is 1.76. The van der Waals surface area contributed by atoms with Crippen LogP contribution in [0.15, 0.2) is 57.4 Å². The van der Waals surface area contributed by atoms with Crippen LogP contribution in [0.25, 0.3) is 10.4 Å². The van der Waals surface area contributed by atoms with Crippen LogP contribution in [0.1, 0.15) is 18.4 Å². The summed E-state index contributed by atoms with van der Waals surface area (Å²) in [6.07, 6.45) is 10.6. The predicted molar refractivity (Wildman–Crippen MR) is 88.7 cm³/mol. The number of allylic oxidation sites excluding steroid dienone is 3. The van der Waals surface area contributed by atoms with E-state index < -0.39 is 0 Å². The lowest BCUT2D eigenvalue weighted by molar-refractivity contribution is 0.602. The van der Waals surface area contributed by atoms with Crippen molar-refractivity contribution in [1.29, 1.82) is 5.41 Å². The molecule has 0 bridgehead atoms. The minimum absolute atomic E-state index is 0.481. The van der Waals surface area contributed by atoms with Gasteiger partial charge >= 0.3 is 0 Å². The first-order chi connectivity index (χ1) is 10.3. The average molecular weight is 298 g/mol. The van der Waals surface area contributed by atoms with Crippen LogP contribution in [0.3, 0.4) is 0 Å². The first kappa shape index (κ1) is 15.4. The lowest BCUT2D eigenvalue weighted by atomic mass is 9.97. The number of azide groups is 1. The molecule has 0 spiro atoms. The number of thioether (sulfide) groups is 1. The van der Waals surface area contributed by atoms with Crippen molar-refractivity contribution in [3.8, 4) is 0 Å². The highest BCUT2D eigenvalue weighted by Crippen LogP contribution is 2.32. The molecular formula is C16H18N4S. The molecule has 0 fully saturated rings. The molecule has 1 aliphatic rings. The average Bonchev–Trinajstić information content (AvgIpc) is 2.51. The zero-order valence-corrected chi connectivity index (χ0v) is 12.6. The van der Waals surface area contributed by atoms with Gasteiger partial charge in [-0.15, -0.1) is 0 Å². The molecule has 21 heavy (non-hydrogen) atoms. The Kier molecular flexibility index (Phi) is 6.13. The van der Waals surface area contributed by atoms with E-state index in [-0.39, 0.29) is 0 Å². The molecule has 0 amide bonds. The Labute approximate surface area is 129 Å². The van der Waals surface area contributed by atoms with Gasteiger partial charge in [0.25, 0.3) is 0 Å². The molecule has 4 nitrogen and oxygen atoms in total. The molecule has 0 heterocycles. The van der Waals surface area contributed by atoms with Crippen LogP contribution in [0.5, 0.6) is 0 Å². The Morgan fingerprint density at radius 2 is 2.19 bits per heavy atom.